The predicted octanol–water partition coefficient (Wildman–Crippen LogP) is 1.17. The van der Waals surface area contributed by atoms with Crippen molar-refractivity contribution in [2.45, 2.75) is 31.8 Å². The molecule has 0 aromatic rings. The van der Waals surface area contributed by atoms with E-state index in [9.17, 15) is 5.11 Å². The number of hydrogen-bond donors (Lipinski definition) is 1. The second-order valence-electron chi connectivity index (χ2n) is 2.67. The van der Waals surface area contributed by atoms with Crippen molar-refractivity contribution in [2.24, 2.45) is 5.92 Å². The van der Waals surface area contributed by atoms with Crippen molar-refractivity contribution >= 4 is 0 Å². The van der Waals surface area contributed by atoms with E-state index in [2.05, 4.69) is 5.92 Å². The SMILES string of the molecule is C#CCC(O)C1CCC1. The van der Waals surface area contributed by atoms with Crippen LogP contribution in [0.25, 0.3) is 0 Å². The fourth-order valence-electron chi connectivity index (χ4n) is 1.11. The Hall–Kier alpha value is -0.480. The highest BCUT2D eigenvalue weighted by Crippen LogP contribution is 2.30. The summed E-state index contributed by atoms with van der Waals surface area (Å²) in [5.41, 5.74) is 0. The minimum atomic E-state index is -0.219. The average molecular weight is 124 g/mol. The molecular formula is C8H12O. The van der Waals surface area contributed by atoms with E-state index in [1.165, 1.54) is 19.3 Å². The van der Waals surface area contributed by atoms with E-state index in [0.29, 0.717) is 12.3 Å². The molecule has 1 rings (SSSR count). The van der Waals surface area contributed by atoms with Gasteiger partial charge >= 0.3 is 0 Å². The third-order valence-electron chi connectivity index (χ3n) is 2.02. The van der Waals surface area contributed by atoms with Gasteiger partial charge in [-0.2, -0.15) is 0 Å². The van der Waals surface area contributed by atoms with Gasteiger partial charge in [-0.25, -0.2) is 0 Å². The Balaban J connectivity index is 2.17. The minimum absolute atomic E-state index is 0.219. The predicted molar refractivity (Wildman–Crippen MR) is 36.8 cm³/mol. The Morgan fingerprint density at radius 2 is 2.33 bits per heavy atom. The molecule has 1 aliphatic rings. The summed E-state index contributed by atoms with van der Waals surface area (Å²) in [6.45, 7) is 0. The molecule has 0 aliphatic heterocycles. The van der Waals surface area contributed by atoms with Gasteiger partial charge in [0, 0.05) is 6.42 Å². The van der Waals surface area contributed by atoms with Crippen LogP contribution in [0, 0.1) is 18.3 Å². The van der Waals surface area contributed by atoms with E-state index in [0.717, 1.165) is 0 Å². The molecule has 9 heavy (non-hydrogen) atoms. The van der Waals surface area contributed by atoms with Crippen LogP contribution in [0.1, 0.15) is 25.7 Å². The highest BCUT2D eigenvalue weighted by Gasteiger charge is 2.24. The summed E-state index contributed by atoms with van der Waals surface area (Å²) >= 11 is 0. The average Bonchev–Trinajstić information content (AvgIpc) is 1.60. The number of hydrogen-bond acceptors (Lipinski definition) is 1. The highest BCUT2D eigenvalue weighted by molar-refractivity contribution is 4.90. The summed E-state index contributed by atoms with van der Waals surface area (Å²) in [4.78, 5) is 0. The van der Waals surface area contributed by atoms with Crippen LogP contribution in [0.3, 0.4) is 0 Å². The summed E-state index contributed by atoms with van der Waals surface area (Å²) in [7, 11) is 0. The highest BCUT2D eigenvalue weighted by atomic mass is 16.3. The third-order valence-corrected chi connectivity index (χ3v) is 2.02. The first kappa shape index (κ1) is 6.64. The van der Waals surface area contributed by atoms with Crippen molar-refractivity contribution in [3.8, 4) is 12.3 Å². The first-order chi connectivity index (χ1) is 4.34. The molecule has 1 fully saturated rings. The maximum atomic E-state index is 9.23. The molecular weight excluding hydrogens is 112 g/mol. The first-order valence-electron chi connectivity index (χ1n) is 3.46. The third kappa shape index (κ3) is 1.46. The van der Waals surface area contributed by atoms with E-state index in [4.69, 9.17) is 6.42 Å². The van der Waals surface area contributed by atoms with Crippen molar-refractivity contribution < 1.29 is 5.11 Å². The smallest absolute Gasteiger partial charge is 0.0677 e. The summed E-state index contributed by atoms with van der Waals surface area (Å²) in [6, 6.07) is 0. The molecule has 0 spiro atoms. The van der Waals surface area contributed by atoms with E-state index in [1.807, 2.05) is 0 Å². The second-order valence-corrected chi connectivity index (χ2v) is 2.67. The van der Waals surface area contributed by atoms with Crippen LogP contribution >= 0.6 is 0 Å². The Morgan fingerprint density at radius 1 is 1.67 bits per heavy atom. The lowest BCUT2D eigenvalue weighted by atomic mass is 9.80. The number of terminal acetylenes is 1. The molecule has 0 heterocycles. The second kappa shape index (κ2) is 2.89. The molecule has 0 amide bonds. The zero-order chi connectivity index (χ0) is 6.69. The summed E-state index contributed by atoms with van der Waals surface area (Å²) < 4.78 is 0. The van der Waals surface area contributed by atoms with Crippen molar-refractivity contribution in [1.82, 2.24) is 0 Å². The molecule has 0 aromatic carbocycles. The number of aliphatic hydroxyl groups excluding tert-OH is 1. The maximum absolute atomic E-state index is 9.23. The van der Waals surface area contributed by atoms with Gasteiger partial charge in [0.25, 0.3) is 0 Å². The maximum Gasteiger partial charge on any atom is 0.0677 e. The summed E-state index contributed by atoms with van der Waals surface area (Å²) in [5, 5.41) is 9.23. The molecule has 0 bridgehead atoms. The molecule has 50 valence electrons. The fraction of sp³-hybridized carbons (Fsp3) is 0.750. The molecule has 0 aromatic heterocycles. The molecule has 1 heteroatoms. The van der Waals surface area contributed by atoms with Crippen molar-refractivity contribution in [1.29, 1.82) is 0 Å². The van der Waals surface area contributed by atoms with Gasteiger partial charge in [0.2, 0.25) is 0 Å². The molecule has 1 saturated carbocycles. The Morgan fingerprint density at radius 3 is 2.67 bits per heavy atom. The van der Waals surface area contributed by atoms with Gasteiger partial charge in [-0.1, -0.05) is 6.42 Å². The molecule has 1 N–H and O–H groups in total. The Kier molecular flexibility index (Phi) is 2.13. The monoisotopic (exact) mass is 124 g/mol. The summed E-state index contributed by atoms with van der Waals surface area (Å²) in [5.74, 6) is 2.98. The zero-order valence-corrected chi connectivity index (χ0v) is 5.51. The zero-order valence-electron chi connectivity index (χ0n) is 5.51. The number of rotatable bonds is 2. The molecule has 1 aliphatic carbocycles. The van der Waals surface area contributed by atoms with Crippen LogP contribution in [-0.2, 0) is 0 Å². The van der Waals surface area contributed by atoms with Crippen LogP contribution in [0.15, 0.2) is 0 Å². The van der Waals surface area contributed by atoms with Gasteiger partial charge in [-0.15, -0.1) is 12.3 Å². The largest absolute Gasteiger partial charge is 0.392 e. The Labute approximate surface area is 56.1 Å². The topological polar surface area (TPSA) is 20.2 Å². The van der Waals surface area contributed by atoms with Crippen LogP contribution in [0.2, 0.25) is 0 Å². The lowest BCUT2D eigenvalue weighted by molar-refractivity contribution is 0.0668. The van der Waals surface area contributed by atoms with Crippen LogP contribution < -0.4 is 0 Å². The number of aliphatic hydroxyl groups is 1. The van der Waals surface area contributed by atoms with Crippen molar-refractivity contribution in [3.05, 3.63) is 0 Å². The molecule has 1 nitrogen and oxygen atoms in total. The van der Waals surface area contributed by atoms with Gasteiger partial charge in [-0.05, 0) is 18.8 Å². The quantitative estimate of drug-likeness (QED) is 0.548. The van der Waals surface area contributed by atoms with E-state index in [-0.39, 0.29) is 6.10 Å². The van der Waals surface area contributed by atoms with E-state index < -0.39 is 0 Å². The molecule has 0 saturated heterocycles. The van der Waals surface area contributed by atoms with Crippen LogP contribution in [-0.4, -0.2) is 11.2 Å². The molecule has 0 radical (unpaired) electrons. The van der Waals surface area contributed by atoms with Gasteiger partial charge in [0.1, 0.15) is 0 Å². The summed E-state index contributed by atoms with van der Waals surface area (Å²) in [6.07, 6.45) is 8.96. The van der Waals surface area contributed by atoms with Crippen molar-refractivity contribution in [2.75, 3.05) is 0 Å². The van der Waals surface area contributed by atoms with Gasteiger partial charge in [0.15, 0.2) is 0 Å². The van der Waals surface area contributed by atoms with Gasteiger partial charge < -0.3 is 5.11 Å². The lowest BCUT2D eigenvalue weighted by Gasteiger charge is -2.28. The first-order valence-corrected chi connectivity index (χ1v) is 3.46. The van der Waals surface area contributed by atoms with E-state index in [1.54, 1.807) is 0 Å². The normalized spacial score (nSPS) is 22.2. The lowest BCUT2D eigenvalue weighted by Crippen LogP contribution is -2.25. The minimum Gasteiger partial charge on any atom is -0.392 e. The van der Waals surface area contributed by atoms with Crippen molar-refractivity contribution in [3.63, 3.8) is 0 Å². The Bertz CT molecular complexity index is 119. The fourth-order valence-corrected chi connectivity index (χ4v) is 1.11. The van der Waals surface area contributed by atoms with Crippen LogP contribution in [0.4, 0.5) is 0 Å². The van der Waals surface area contributed by atoms with Gasteiger partial charge in [0.05, 0.1) is 6.10 Å². The van der Waals surface area contributed by atoms with Crippen LogP contribution in [0.5, 0.6) is 0 Å². The van der Waals surface area contributed by atoms with E-state index >= 15 is 0 Å². The molecule has 1 atom stereocenters. The van der Waals surface area contributed by atoms with Gasteiger partial charge in [-0.3, -0.25) is 0 Å². The standard InChI is InChI=1S/C8H12O/c1-2-4-8(9)7-5-3-6-7/h1,7-9H,3-6H2. The molecule has 1 unspecified atom stereocenters.